The Kier molecular flexibility index (Phi) is 4.63. The summed E-state index contributed by atoms with van der Waals surface area (Å²) >= 11 is 0. The second-order valence-electron chi connectivity index (χ2n) is 5.95. The van der Waals surface area contributed by atoms with E-state index in [9.17, 15) is 18.0 Å². The van der Waals surface area contributed by atoms with Crippen molar-refractivity contribution in [2.24, 2.45) is 5.73 Å². The molecular weight excluding hydrogens is 346 g/mol. The van der Waals surface area contributed by atoms with Gasteiger partial charge in [0.1, 0.15) is 12.1 Å². The minimum absolute atomic E-state index is 0.122. The van der Waals surface area contributed by atoms with Crippen LogP contribution in [0.2, 0.25) is 0 Å². The first kappa shape index (κ1) is 17.3. The van der Waals surface area contributed by atoms with Crippen LogP contribution in [0.25, 0.3) is 0 Å². The van der Waals surface area contributed by atoms with E-state index in [1.54, 1.807) is 0 Å². The van der Waals surface area contributed by atoms with Crippen LogP contribution < -0.4 is 16.5 Å². The second-order valence-corrected chi connectivity index (χ2v) is 6.96. The summed E-state index contributed by atoms with van der Waals surface area (Å²) < 4.78 is 34.7. The van der Waals surface area contributed by atoms with Gasteiger partial charge in [0, 0.05) is 25.7 Å². The molecule has 24 heavy (non-hydrogen) atoms. The van der Waals surface area contributed by atoms with Crippen LogP contribution in [0.15, 0.2) is 0 Å². The number of carbonyl (C=O) groups is 2. The molecule has 3 saturated heterocycles. The molecule has 0 saturated carbocycles. The number of fused-ring (bicyclic) bond motifs is 2. The Hall–Kier alpha value is -1.51. The Balaban J connectivity index is 1.60. The number of carbonyl (C=O) groups excluding carboxylic acids is 2. The van der Waals surface area contributed by atoms with Crippen molar-refractivity contribution in [2.45, 2.75) is 37.1 Å². The third kappa shape index (κ3) is 3.45. The maximum absolute atomic E-state index is 12.3. The van der Waals surface area contributed by atoms with Crippen LogP contribution in [-0.4, -0.2) is 78.7 Å². The van der Waals surface area contributed by atoms with Crippen LogP contribution in [0.3, 0.4) is 0 Å². The number of urea groups is 1. The largest absolute Gasteiger partial charge is 0.418 e. The quantitative estimate of drug-likeness (QED) is 0.300. The first-order valence-corrected chi connectivity index (χ1v) is 8.81. The van der Waals surface area contributed by atoms with E-state index in [-0.39, 0.29) is 18.7 Å². The van der Waals surface area contributed by atoms with Gasteiger partial charge >= 0.3 is 16.4 Å². The fourth-order valence-corrected chi connectivity index (χ4v) is 3.50. The van der Waals surface area contributed by atoms with E-state index in [4.69, 9.17) is 15.1 Å². The molecule has 3 heterocycles. The molecule has 0 aromatic rings. The van der Waals surface area contributed by atoms with Gasteiger partial charge in [-0.05, 0) is 12.8 Å². The van der Waals surface area contributed by atoms with Crippen molar-refractivity contribution in [3.05, 3.63) is 0 Å². The zero-order valence-corrected chi connectivity index (χ0v) is 13.4. The fourth-order valence-electron chi connectivity index (χ4n) is 3.11. The van der Waals surface area contributed by atoms with Gasteiger partial charge in [-0.15, -0.1) is 4.28 Å². The van der Waals surface area contributed by atoms with E-state index in [0.29, 0.717) is 31.0 Å². The molecule has 0 aliphatic carbocycles. The third-order valence-corrected chi connectivity index (χ3v) is 4.66. The van der Waals surface area contributed by atoms with Crippen LogP contribution in [0.5, 0.6) is 0 Å². The second kappa shape index (κ2) is 6.42. The first-order valence-electron chi connectivity index (χ1n) is 7.45. The number of hydrogen-bond acceptors (Lipinski definition) is 8. The van der Waals surface area contributed by atoms with Crippen molar-refractivity contribution in [3.63, 3.8) is 0 Å². The van der Waals surface area contributed by atoms with E-state index in [2.05, 4.69) is 15.1 Å². The van der Waals surface area contributed by atoms with E-state index in [1.165, 1.54) is 4.90 Å². The van der Waals surface area contributed by atoms with Gasteiger partial charge in [-0.3, -0.25) is 14.2 Å². The van der Waals surface area contributed by atoms with Crippen molar-refractivity contribution in [1.29, 1.82) is 0 Å². The Morgan fingerprint density at radius 1 is 1.38 bits per heavy atom. The number of hydroxylamine groups is 3. The molecule has 2 bridgehead atoms. The number of nitrogens with one attached hydrogen (secondary N) is 2. The van der Waals surface area contributed by atoms with Crippen molar-refractivity contribution in [3.8, 4) is 0 Å². The number of rotatable bonds is 5. The summed E-state index contributed by atoms with van der Waals surface area (Å²) in [5.74, 6) is -0.519. The van der Waals surface area contributed by atoms with Gasteiger partial charge in [0.2, 0.25) is 0 Å². The molecule has 0 aromatic heterocycles. The molecule has 2 unspecified atom stereocenters. The summed E-state index contributed by atoms with van der Waals surface area (Å²) in [6.45, 7) is 1.21. The highest BCUT2D eigenvalue weighted by molar-refractivity contribution is 7.80. The minimum atomic E-state index is -4.81. The van der Waals surface area contributed by atoms with Crippen LogP contribution in [-0.2, 0) is 24.3 Å². The maximum Gasteiger partial charge on any atom is 0.418 e. The van der Waals surface area contributed by atoms with Crippen molar-refractivity contribution in [2.75, 3.05) is 19.6 Å². The Morgan fingerprint density at radius 3 is 2.75 bits per heavy atom. The number of piperidine rings is 1. The predicted molar refractivity (Wildman–Crippen MR) is 77.2 cm³/mol. The summed E-state index contributed by atoms with van der Waals surface area (Å²) in [6.07, 6.45) is 0.297. The first-order chi connectivity index (χ1) is 11.3. The molecule has 3 aliphatic rings. The highest BCUT2D eigenvalue weighted by Crippen LogP contribution is 2.30. The van der Waals surface area contributed by atoms with Crippen LogP contribution in [0, 0.1) is 0 Å². The molecule has 0 aromatic carbocycles. The smallest absolute Gasteiger partial charge is 0.324 e. The number of nitrogens with zero attached hydrogens (tertiary/aromatic N) is 2. The predicted octanol–water partition coefficient (Wildman–Crippen LogP) is -2.66. The topological polar surface area (TPSA) is 164 Å². The van der Waals surface area contributed by atoms with E-state index >= 15 is 0 Å². The molecule has 0 spiro atoms. The number of hydrogen-bond donors (Lipinski definition) is 4. The minimum Gasteiger partial charge on any atom is -0.324 e. The SMILES string of the molecule is NC1CNCC1ONC(=O)[C@@H]1CC[C@@H]2CN1C(=O)N2OS(=O)(=O)O. The van der Waals surface area contributed by atoms with Crippen LogP contribution in [0.4, 0.5) is 4.79 Å². The van der Waals surface area contributed by atoms with E-state index in [0.717, 1.165) is 0 Å². The zero-order chi connectivity index (χ0) is 17.5. The summed E-state index contributed by atoms with van der Waals surface area (Å²) in [6, 6.07) is -2.39. The van der Waals surface area contributed by atoms with Gasteiger partial charge in [-0.2, -0.15) is 13.5 Å². The number of nitrogens with two attached hydrogens (primary N) is 1. The van der Waals surface area contributed by atoms with Crippen LogP contribution >= 0.6 is 0 Å². The fraction of sp³-hybridized carbons (Fsp3) is 0.818. The average Bonchev–Trinajstić information content (AvgIpc) is 3.01. The third-order valence-electron chi connectivity index (χ3n) is 4.31. The molecule has 12 nitrogen and oxygen atoms in total. The lowest BCUT2D eigenvalue weighted by molar-refractivity contribution is -0.143. The van der Waals surface area contributed by atoms with E-state index < -0.39 is 34.4 Å². The zero-order valence-electron chi connectivity index (χ0n) is 12.6. The Labute approximate surface area is 138 Å². The molecule has 5 N–H and O–H groups in total. The van der Waals surface area contributed by atoms with Gasteiger partial charge in [-0.25, -0.2) is 10.3 Å². The lowest BCUT2D eigenvalue weighted by Gasteiger charge is -2.29. The molecule has 3 aliphatic heterocycles. The molecule has 0 radical (unpaired) electrons. The van der Waals surface area contributed by atoms with Gasteiger partial charge in [-0.1, -0.05) is 0 Å². The van der Waals surface area contributed by atoms with Gasteiger partial charge in [0.15, 0.2) is 0 Å². The molecule has 3 amide bonds. The summed E-state index contributed by atoms with van der Waals surface area (Å²) in [7, 11) is -4.81. The number of amides is 3. The highest BCUT2D eigenvalue weighted by Gasteiger charge is 2.49. The average molecular weight is 365 g/mol. The van der Waals surface area contributed by atoms with Gasteiger partial charge < -0.3 is 16.0 Å². The monoisotopic (exact) mass is 365 g/mol. The summed E-state index contributed by atoms with van der Waals surface area (Å²) in [5, 5.41) is 3.60. The van der Waals surface area contributed by atoms with E-state index in [1.807, 2.05) is 0 Å². The van der Waals surface area contributed by atoms with Crippen LogP contribution in [0.1, 0.15) is 12.8 Å². The van der Waals surface area contributed by atoms with Crippen molar-refractivity contribution in [1.82, 2.24) is 20.8 Å². The molecule has 3 rings (SSSR count). The lowest BCUT2D eigenvalue weighted by Crippen LogP contribution is -2.51. The molecule has 3 fully saturated rings. The lowest BCUT2D eigenvalue weighted by atomic mass is 10.0. The Morgan fingerprint density at radius 2 is 2.12 bits per heavy atom. The molecule has 4 atom stereocenters. The molecule has 136 valence electrons. The normalized spacial score (nSPS) is 33.2. The maximum atomic E-state index is 12.3. The Bertz CT molecular complexity index is 628. The molecular formula is C11H19N5O7S. The summed E-state index contributed by atoms with van der Waals surface area (Å²) in [5.41, 5.74) is 8.11. The van der Waals surface area contributed by atoms with Crippen molar-refractivity contribution < 1.29 is 31.7 Å². The van der Waals surface area contributed by atoms with Gasteiger partial charge in [0.05, 0.1) is 6.04 Å². The highest BCUT2D eigenvalue weighted by atomic mass is 32.3. The van der Waals surface area contributed by atoms with Gasteiger partial charge in [0.25, 0.3) is 5.91 Å². The summed E-state index contributed by atoms with van der Waals surface area (Å²) in [4.78, 5) is 30.9. The molecule has 13 heteroatoms. The van der Waals surface area contributed by atoms with Crippen molar-refractivity contribution >= 4 is 22.3 Å². The standard InChI is InChI=1S/C11H19N5O7S/c12-7-3-13-4-9(7)22-14-10(17)8-2-1-6-5-15(8)11(18)16(6)23-24(19,20)21/h6-9,13H,1-5,12H2,(H,14,17)(H,19,20,21)/t6-,7?,8+,9?/m1/s1.